The van der Waals surface area contributed by atoms with Crippen molar-refractivity contribution in [2.45, 2.75) is 45.3 Å². The van der Waals surface area contributed by atoms with Gasteiger partial charge in [0.15, 0.2) is 5.89 Å². The molecule has 0 bridgehead atoms. The van der Waals surface area contributed by atoms with Gasteiger partial charge in [-0.3, -0.25) is 4.90 Å². The molecule has 1 aromatic heterocycles. The SMILES string of the molecule is Cc1nc(CN2CCCC(O)(c3ccccc3)CC2)c(C)o1. The number of likely N-dealkylation sites (tertiary alicyclic amines) is 1. The van der Waals surface area contributed by atoms with Crippen molar-refractivity contribution in [3.05, 3.63) is 53.2 Å². The average molecular weight is 300 g/mol. The molecule has 1 saturated heterocycles. The summed E-state index contributed by atoms with van der Waals surface area (Å²) in [5, 5.41) is 11.0. The second kappa shape index (κ2) is 6.23. The van der Waals surface area contributed by atoms with Gasteiger partial charge in [-0.2, -0.15) is 0 Å². The number of rotatable bonds is 3. The zero-order valence-corrected chi connectivity index (χ0v) is 13.4. The van der Waals surface area contributed by atoms with Gasteiger partial charge in [-0.15, -0.1) is 0 Å². The molecule has 0 spiro atoms. The van der Waals surface area contributed by atoms with Crippen molar-refractivity contribution in [1.29, 1.82) is 0 Å². The molecule has 1 aliphatic heterocycles. The van der Waals surface area contributed by atoms with Crippen LogP contribution in [0.25, 0.3) is 0 Å². The highest BCUT2D eigenvalue weighted by atomic mass is 16.4. The van der Waals surface area contributed by atoms with Gasteiger partial charge in [-0.1, -0.05) is 30.3 Å². The first-order valence-electron chi connectivity index (χ1n) is 8.00. The molecule has 2 heterocycles. The predicted octanol–water partition coefficient (Wildman–Crippen LogP) is 3.17. The summed E-state index contributed by atoms with van der Waals surface area (Å²) in [4.78, 5) is 6.82. The largest absolute Gasteiger partial charge is 0.446 e. The number of aromatic nitrogens is 1. The van der Waals surface area contributed by atoms with E-state index in [1.807, 2.05) is 44.2 Å². The summed E-state index contributed by atoms with van der Waals surface area (Å²) in [7, 11) is 0. The van der Waals surface area contributed by atoms with E-state index in [1.54, 1.807) is 0 Å². The molecule has 3 rings (SSSR count). The highest BCUT2D eigenvalue weighted by Crippen LogP contribution is 2.33. The second-order valence-corrected chi connectivity index (χ2v) is 6.26. The van der Waals surface area contributed by atoms with Crippen LogP contribution in [0.1, 0.15) is 42.2 Å². The van der Waals surface area contributed by atoms with Crippen LogP contribution in [0.4, 0.5) is 0 Å². The van der Waals surface area contributed by atoms with Crippen LogP contribution < -0.4 is 0 Å². The van der Waals surface area contributed by atoms with Gasteiger partial charge in [0.05, 0.1) is 11.3 Å². The number of benzene rings is 1. The summed E-state index contributed by atoms with van der Waals surface area (Å²) in [6.45, 7) is 6.51. The maximum Gasteiger partial charge on any atom is 0.191 e. The van der Waals surface area contributed by atoms with Crippen LogP contribution in [0, 0.1) is 13.8 Å². The molecule has 118 valence electrons. The zero-order valence-electron chi connectivity index (χ0n) is 13.4. The third kappa shape index (κ3) is 3.23. The van der Waals surface area contributed by atoms with Gasteiger partial charge in [0.25, 0.3) is 0 Å². The zero-order chi connectivity index (χ0) is 15.6. The molecule has 0 radical (unpaired) electrons. The van der Waals surface area contributed by atoms with Crippen molar-refractivity contribution in [1.82, 2.24) is 9.88 Å². The second-order valence-electron chi connectivity index (χ2n) is 6.26. The predicted molar refractivity (Wildman–Crippen MR) is 85.4 cm³/mol. The first-order valence-corrected chi connectivity index (χ1v) is 8.00. The molecule has 1 aliphatic rings. The smallest absolute Gasteiger partial charge is 0.191 e. The Hall–Kier alpha value is -1.65. The molecular weight excluding hydrogens is 276 g/mol. The fourth-order valence-electron chi connectivity index (χ4n) is 3.30. The van der Waals surface area contributed by atoms with Gasteiger partial charge in [-0.05, 0) is 38.3 Å². The summed E-state index contributed by atoms with van der Waals surface area (Å²) in [5.74, 6) is 1.63. The molecule has 0 aliphatic carbocycles. The van der Waals surface area contributed by atoms with Gasteiger partial charge in [0, 0.05) is 20.0 Å². The van der Waals surface area contributed by atoms with E-state index in [0.717, 1.165) is 61.8 Å². The van der Waals surface area contributed by atoms with E-state index in [2.05, 4.69) is 9.88 Å². The van der Waals surface area contributed by atoms with Crippen LogP contribution in [0.3, 0.4) is 0 Å². The van der Waals surface area contributed by atoms with Crippen LogP contribution in [0.2, 0.25) is 0 Å². The Morgan fingerprint density at radius 3 is 2.64 bits per heavy atom. The Morgan fingerprint density at radius 1 is 1.18 bits per heavy atom. The fraction of sp³-hybridized carbons (Fsp3) is 0.500. The van der Waals surface area contributed by atoms with E-state index in [0.29, 0.717) is 0 Å². The monoisotopic (exact) mass is 300 g/mol. The molecule has 1 fully saturated rings. The normalized spacial score (nSPS) is 23.4. The lowest BCUT2D eigenvalue weighted by Crippen LogP contribution is -2.29. The minimum atomic E-state index is -0.704. The van der Waals surface area contributed by atoms with Crippen LogP contribution in [0.5, 0.6) is 0 Å². The van der Waals surface area contributed by atoms with Crippen LogP contribution in [-0.4, -0.2) is 28.1 Å². The van der Waals surface area contributed by atoms with E-state index in [-0.39, 0.29) is 0 Å². The Labute approximate surface area is 131 Å². The number of nitrogens with zero attached hydrogens (tertiary/aromatic N) is 2. The van der Waals surface area contributed by atoms with Crippen LogP contribution in [0.15, 0.2) is 34.7 Å². The van der Waals surface area contributed by atoms with Crippen LogP contribution >= 0.6 is 0 Å². The van der Waals surface area contributed by atoms with E-state index in [4.69, 9.17) is 4.42 Å². The summed E-state index contributed by atoms with van der Waals surface area (Å²) < 4.78 is 5.51. The Kier molecular flexibility index (Phi) is 4.32. The Bertz CT molecular complexity index is 623. The topological polar surface area (TPSA) is 49.5 Å². The summed E-state index contributed by atoms with van der Waals surface area (Å²) in [6.07, 6.45) is 2.55. The average Bonchev–Trinajstić information content (AvgIpc) is 2.71. The first-order chi connectivity index (χ1) is 10.6. The van der Waals surface area contributed by atoms with Gasteiger partial charge in [0.1, 0.15) is 5.76 Å². The van der Waals surface area contributed by atoms with Crippen molar-refractivity contribution in [2.24, 2.45) is 0 Å². The molecule has 4 nitrogen and oxygen atoms in total. The quantitative estimate of drug-likeness (QED) is 0.946. The Balaban J connectivity index is 1.68. The Morgan fingerprint density at radius 2 is 1.95 bits per heavy atom. The molecule has 1 aromatic carbocycles. The van der Waals surface area contributed by atoms with Gasteiger partial charge in [0.2, 0.25) is 0 Å². The molecule has 0 amide bonds. The van der Waals surface area contributed by atoms with Crippen molar-refractivity contribution < 1.29 is 9.52 Å². The van der Waals surface area contributed by atoms with Gasteiger partial charge in [-0.25, -0.2) is 4.98 Å². The molecule has 0 saturated carbocycles. The summed E-state index contributed by atoms with van der Waals surface area (Å²) >= 11 is 0. The highest BCUT2D eigenvalue weighted by Gasteiger charge is 2.32. The lowest BCUT2D eigenvalue weighted by molar-refractivity contribution is 0.0210. The van der Waals surface area contributed by atoms with Crippen molar-refractivity contribution in [3.63, 3.8) is 0 Å². The maximum atomic E-state index is 11.0. The standard InChI is InChI=1S/C18H24N2O2/c1-14-17(19-15(2)22-14)13-20-11-6-9-18(21,10-12-20)16-7-4-3-5-8-16/h3-5,7-8,21H,6,9-13H2,1-2H3. The van der Waals surface area contributed by atoms with E-state index in [1.165, 1.54) is 0 Å². The van der Waals surface area contributed by atoms with Gasteiger partial charge < -0.3 is 9.52 Å². The molecular formula is C18H24N2O2. The van der Waals surface area contributed by atoms with Crippen LogP contribution in [-0.2, 0) is 12.1 Å². The third-order valence-electron chi connectivity index (χ3n) is 4.59. The van der Waals surface area contributed by atoms with Crippen molar-refractivity contribution in [3.8, 4) is 0 Å². The number of oxazole rings is 1. The van der Waals surface area contributed by atoms with E-state index >= 15 is 0 Å². The van der Waals surface area contributed by atoms with Crippen molar-refractivity contribution in [2.75, 3.05) is 13.1 Å². The minimum Gasteiger partial charge on any atom is -0.446 e. The number of aliphatic hydroxyl groups is 1. The third-order valence-corrected chi connectivity index (χ3v) is 4.59. The first kappa shape index (κ1) is 15.3. The molecule has 1 atom stereocenters. The molecule has 22 heavy (non-hydrogen) atoms. The highest BCUT2D eigenvalue weighted by molar-refractivity contribution is 5.22. The molecule has 1 unspecified atom stereocenters. The molecule has 1 N–H and O–H groups in total. The number of hydrogen-bond donors (Lipinski definition) is 1. The maximum absolute atomic E-state index is 11.0. The van der Waals surface area contributed by atoms with E-state index < -0.39 is 5.60 Å². The number of hydrogen-bond acceptors (Lipinski definition) is 4. The lowest BCUT2D eigenvalue weighted by Gasteiger charge is -2.27. The van der Waals surface area contributed by atoms with Crippen molar-refractivity contribution >= 4 is 0 Å². The molecule has 2 aromatic rings. The summed E-state index contributed by atoms with van der Waals surface area (Å²) in [5.41, 5.74) is 1.35. The van der Waals surface area contributed by atoms with Gasteiger partial charge >= 0.3 is 0 Å². The lowest BCUT2D eigenvalue weighted by atomic mass is 9.87. The minimum absolute atomic E-state index is 0.704. The van der Waals surface area contributed by atoms with E-state index in [9.17, 15) is 5.11 Å². The summed E-state index contributed by atoms with van der Waals surface area (Å²) in [6, 6.07) is 10.0. The number of aryl methyl sites for hydroxylation is 2. The fourth-order valence-corrected chi connectivity index (χ4v) is 3.30. The molecule has 4 heteroatoms.